The first kappa shape index (κ1) is 12.9. The lowest BCUT2D eigenvalue weighted by atomic mass is 10.2. The molecule has 20 heavy (non-hydrogen) atoms. The molecule has 0 fully saturated rings. The molecule has 0 spiro atoms. The quantitative estimate of drug-likeness (QED) is 0.693. The molecule has 0 saturated carbocycles. The highest BCUT2D eigenvalue weighted by atomic mass is 35.5. The van der Waals surface area contributed by atoms with E-state index < -0.39 is 0 Å². The van der Waals surface area contributed by atoms with Crippen molar-refractivity contribution >= 4 is 29.4 Å². The minimum atomic E-state index is 0.486. The molecule has 0 aliphatic heterocycles. The fourth-order valence-corrected chi connectivity index (χ4v) is 1.90. The summed E-state index contributed by atoms with van der Waals surface area (Å²) in [4.78, 5) is 0. The zero-order valence-electron chi connectivity index (χ0n) is 10.1. The van der Waals surface area contributed by atoms with Gasteiger partial charge >= 0.3 is 0 Å². The van der Waals surface area contributed by atoms with Crippen molar-refractivity contribution in [1.29, 1.82) is 0 Å². The van der Waals surface area contributed by atoms with Crippen LogP contribution in [0.15, 0.2) is 52.5 Å². The van der Waals surface area contributed by atoms with Gasteiger partial charge < -0.3 is 4.42 Å². The molecule has 3 rings (SSSR count). The number of nitrogens with zero attached hydrogens (tertiary/aromatic N) is 4. The lowest BCUT2D eigenvalue weighted by molar-refractivity contribution is 0.574. The maximum absolute atomic E-state index is 5.98. The van der Waals surface area contributed by atoms with Crippen molar-refractivity contribution in [3.63, 3.8) is 0 Å². The predicted molar refractivity (Wildman–Crippen MR) is 77.2 cm³/mol. The molecule has 2 heterocycles. The number of rotatable bonds is 3. The Hall–Kier alpha value is -2.11. The fourth-order valence-electron chi connectivity index (χ4n) is 1.61. The highest BCUT2D eigenvalue weighted by Gasteiger charge is 2.06. The van der Waals surface area contributed by atoms with Gasteiger partial charge in [0.05, 0.1) is 16.3 Å². The number of hydrogen-bond acceptors (Lipinski definition) is 4. The molecule has 0 saturated heterocycles. The number of hydrogen-bond donors (Lipinski definition) is 0. The third kappa shape index (κ3) is 2.74. The van der Waals surface area contributed by atoms with Crippen LogP contribution in [0.2, 0.25) is 10.0 Å². The smallest absolute Gasteiger partial charge is 0.147 e. The van der Waals surface area contributed by atoms with Crippen LogP contribution < -0.4 is 0 Å². The van der Waals surface area contributed by atoms with Crippen LogP contribution in [0.4, 0.5) is 0 Å². The number of halogens is 2. The van der Waals surface area contributed by atoms with E-state index in [4.69, 9.17) is 27.6 Å². The molecule has 0 N–H and O–H groups in total. The van der Waals surface area contributed by atoms with Crippen LogP contribution in [-0.4, -0.2) is 21.1 Å². The van der Waals surface area contributed by atoms with Crippen LogP contribution >= 0.6 is 23.2 Å². The maximum atomic E-state index is 5.98. The summed E-state index contributed by atoms with van der Waals surface area (Å²) in [7, 11) is 0. The van der Waals surface area contributed by atoms with Crippen LogP contribution in [0.1, 0.15) is 5.76 Å². The van der Waals surface area contributed by atoms with Crippen LogP contribution in [0.5, 0.6) is 0 Å². The van der Waals surface area contributed by atoms with E-state index in [1.165, 1.54) is 17.3 Å². The summed E-state index contributed by atoms with van der Waals surface area (Å²) in [5, 5.41) is 12.4. The Morgan fingerprint density at radius 2 is 1.85 bits per heavy atom. The molecular formula is C13H8Cl2N4O. The highest BCUT2D eigenvalue weighted by Crippen LogP contribution is 2.29. The Balaban J connectivity index is 1.84. The van der Waals surface area contributed by atoms with Gasteiger partial charge in [-0.15, -0.1) is 10.2 Å². The van der Waals surface area contributed by atoms with Gasteiger partial charge in [0.25, 0.3) is 0 Å². The van der Waals surface area contributed by atoms with E-state index in [9.17, 15) is 0 Å². The molecule has 0 unspecified atom stereocenters. The van der Waals surface area contributed by atoms with Crippen molar-refractivity contribution < 1.29 is 4.42 Å². The predicted octanol–water partition coefficient (Wildman–Crippen LogP) is 3.73. The molecule has 0 aliphatic carbocycles. The van der Waals surface area contributed by atoms with E-state index in [-0.39, 0.29) is 0 Å². The zero-order chi connectivity index (χ0) is 13.9. The summed E-state index contributed by atoms with van der Waals surface area (Å²) >= 11 is 11.9. The SMILES string of the molecule is Clc1ccc(-c2ccc(C=Nn3cnnc3)o2)cc1Cl. The van der Waals surface area contributed by atoms with Crippen LogP contribution in [0, 0.1) is 0 Å². The minimum Gasteiger partial charge on any atom is -0.455 e. The van der Waals surface area contributed by atoms with Gasteiger partial charge in [-0.3, -0.25) is 0 Å². The fraction of sp³-hybridized carbons (Fsp3) is 0. The monoisotopic (exact) mass is 306 g/mol. The number of aromatic nitrogens is 3. The summed E-state index contributed by atoms with van der Waals surface area (Å²) in [5.41, 5.74) is 0.850. The Bertz CT molecular complexity index is 750. The van der Waals surface area contributed by atoms with E-state index in [2.05, 4.69) is 15.3 Å². The molecule has 1 aromatic carbocycles. The van der Waals surface area contributed by atoms with Gasteiger partial charge in [0, 0.05) is 5.56 Å². The standard InChI is InChI=1S/C13H8Cl2N4O/c14-11-3-1-9(5-12(11)15)13-4-2-10(20-13)6-18-19-7-16-17-8-19/h1-8H. The second-order valence-electron chi connectivity index (χ2n) is 3.92. The lowest BCUT2D eigenvalue weighted by Gasteiger charge is -1.99. The van der Waals surface area contributed by atoms with E-state index in [1.807, 2.05) is 18.2 Å². The summed E-state index contributed by atoms with van der Waals surface area (Å²) < 4.78 is 7.13. The molecule has 0 atom stereocenters. The largest absolute Gasteiger partial charge is 0.455 e. The van der Waals surface area contributed by atoms with Gasteiger partial charge in [-0.1, -0.05) is 23.2 Å². The zero-order valence-corrected chi connectivity index (χ0v) is 11.6. The molecule has 0 radical (unpaired) electrons. The van der Waals surface area contributed by atoms with Gasteiger partial charge in [0.2, 0.25) is 0 Å². The third-order valence-corrected chi connectivity index (χ3v) is 3.29. The summed E-state index contributed by atoms with van der Waals surface area (Å²) in [5.74, 6) is 1.30. The molecule has 0 aliphatic rings. The number of furan rings is 1. The maximum Gasteiger partial charge on any atom is 0.147 e. The average Bonchev–Trinajstić information content (AvgIpc) is 3.10. The van der Waals surface area contributed by atoms with E-state index in [1.54, 1.807) is 18.3 Å². The topological polar surface area (TPSA) is 56.2 Å². The van der Waals surface area contributed by atoms with Crippen molar-refractivity contribution in [2.24, 2.45) is 5.10 Å². The van der Waals surface area contributed by atoms with Gasteiger partial charge in [0.1, 0.15) is 24.2 Å². The Morgan fingerprint density at radius 1 is 1.05 bits per heavy atom. The molecule has 7 heteroatoms. The molecular weight excluding hydrogens is 299 g/mol. The van der Waals surface area contributed by atoms with Crippen molar-refractivity contribution in [3.8, 4) is 11.3 Å². The van der Waals surface area contributed by atoms with Gasteiger partial charge in [-0.2, -0.15) is 5.10 Å². The first-order chi connectivity index (χ1) is 9.72. The lowest BCUT2D eigenvalue weighted by Crippen LogP contribution is -1.84. The third-order valence-electron chi connectivity index (χ3n) is 2.56. The van der Waals surface area contributed by atoms with Crippen LogP contribution in [0.25, 0.3) is 11.3 Å². The second kappa shape index (κ2) is 5.48. The van der Waals surface area contributed by atoms with Crippen LogP contribution in [0.3, 0.4) is 0 Å². The van der Waals surface area contributed by atoms with Gasteiger partial charge in [-0.25, -0.2) is 4.68 Å². The highest BCUT2D eigenvalue weighted by molar-refractivity contribution is 6.42. The minimum absolute atomic E-state index is 0.486. The number of benzene rings is 1. The molecule has 0 bridgehead atoms. The Morgan fingerprint density at radius 3 is 2.60 bits per heavy atom. The van der Waals surface area contributed by atoms with Crippen molar-refractivity contribution in [1.82, 2.24) is 14.9 Å². The van der Waals surface area contributed by atoms with Crippen molar-refractivity contribution in [2.45, 2.75) is 0 Å². The summed E-state index contributed by atoms with van der Waals surface area (Å²) in [6, 6.07) is 8.97. The molecule has 3 aromatic rings. The molecule has 0 amide bonds. The first-order valence-corrected chi connectivity index (χ1v) is 6.42. The van der Waals surface area contributed by atoms with E-state index in [0.29, 0.717) is 21.6 Å². The molecule has 5 nitrogen and oxygen atoms in total. The van der Waals surface area contributed by atoms with Gasteiger partial charge in [-0.05, 0) is 30.3 Å². The van der Waals surface area contributed by atoms with Crippen molar-refractivity contribution in [3.05, 3.63) is 58.8 Å². The molecule has 2 aromatic heterocycles. The first-order valence-electron chi connectivity index (χ1n) is 5.66. The normalized spacial score (nSPS) is 11.3. The second-order valence-corrected chi connectivity index (χ2v) is 4.73. The van der Waals surface area contributed by atoms with Gasteiger partial charge in [0.15, 0.2) is 0 Å². The van der Waals surface area contributed by atoms with E-state index >= 15 is 0 Å². The van der Waals surface area contributed by atoms with E-state index in [0.717, 1.165) is 5.56 Å². The van der Waals surface area contributed by atoms with Crippen LogP contribution in [-0.2, 0) is 0 Å². The summed E-state index contributed by atoms with van der Waals surface area (Å²) in [6.45, 7) is 0. The average molecular weight is 307 g/mol. The summed E-state index contributed by atoms with van der Waals surface area (Å²) in [6.07, 6.45) is 4.54. The Kier molecular flexibility index (Phi) is 3.54. The molecule has 100 valence electrons. The Labute approximate surface area is 124 Å². The van der Waals surface area contributed by atoms with Crippen molar-refractivity contribution in [2.75, 3.05) is 0 Å².